The van der Waals surface area contributed by atoms with Crippen LogP contribution in [0.2, 0.25) is 15.1 Å². The number of hydrogen-bond acceptors (Lipinski definition) is 5. The van der Waals surface area contributed by atoms with Gasteiger partial charge in [-0.3, -0.25) is 9.59 Å². The molecule has 1 unspecified atom stereocenters. The Labute approximate surface area is 194 Å². The Morgan fingerprint density at radius 1 is 1.07 bits per heavy atom. The highest BCUT2D eigenvalue weighted by Gasteiger charge is 2.55. The van der Waals surface area contributed by atoms with Crippen LogP contribution >= 0.6 is 58.3 Å². The number of benzene rings is 1. The first-order valence-electron chi connectivity index (χ1n) is 9.78. The van der Waals surface area contributed by atoms with E-state index >= 15 is 0 Å². The van der Waals surface area contributed by atoms with Gasteiger partial charge in [0.1, 0.15) is 0 Å². The highest BCUT2D eigenvalue weighted by Crippen LogP contribution is 2.64. The van der Waals surface area contributed by atoms with Crippen LogP contribution in [-0.4, -0.2) is 34.1 Å². The summed E-state index contributed by atoms with van der Waals surface area (Å²) >= 11 is 22.3. The molecule has 1 N–H and O–H groups in total. The van der Waals surface area contributed by atoms with Gasteiger partial charge in [-0.1, -0.05) is 41.2 Å². The fourth-order valence-corrected chi connectivity index (χ4v) is 9.74. The first-order valence-corrected chi connectivity index (χ1v) is 12.9. The van der Waals surface area contributed by atoms with E-state index in [1.165, 1.54) is 42.9 Å². The lowest BCUT2D eigenvalue weighted by Crippen LogP contribution is -2.48. The van der Waals surface area contributed by atoms with Crippen LogP contribution < -0.4 is 5.32 Å². The van der Waals surface area contributed by atoms with Gasteiger partial charge in [-0.25, -0.2) is 0 Å². The Hall–Kier alpha value is -0.270. The van der Waals surface area contributed by atoms with E-state index in [4.69, 9.17) is 39.5 Å². The smallest absolute Gasteiger partial charge is 0.309 e. The Kier molecular flexibility index (Phi) is 6.87. The van der Waals surface area contributed by atoms with Crippen LogP contribution in [0.3, 0.4) is 0 Å². The number of carbonyl (C=O) groups excluding carboxylic acids is 2. The fraction of sp³-hybridized carbons (Fsp3) is 0.600. The van der Waals surface area contributed by atoms with Crippen molar-refractivity contribution in [2.75, 3.05) is 23.4 Å². The van der Waals surface area contributed by atoms with Crippen LogP contribution in [0.4, 0.5) is 5.69 Å². The minimum absolute atomic E-state index is 0.117. The third-order valence-corrected chi connectivity index (χ3v) is 10.9. The molecule has 0 radical (unpaired) electrons. The zero-order chi connectivity index (χ0) is 20.6. The normalized spacial score (nSPS) is 27.6. The molecular weight excluding hydrogens is 473 g/mol. The summed E-state index contributed by atoms with van der Waals surface area (Å²) in [5.74, 6) is 2.68. The Bertz CT molecular complexity index is 777. The van der Waals surface area contributed by atoms with Gasteiger partial charge < -0.3 is 10.1 Å². The van der Waals surface area contributed by atoms with Crippen LogP contribution in [0.5, 0.6) is 0 Å². The van der Waals surface area contributed by atoms with Gasteiger partial charge in [0.2, 0.25) is 0 Å². The van der Waals surface area contributed by atoms with E-state index in [9.17, 15) is 9.59 Å². The van der Waals surface area contributed by atoms with Crippen LogP contribution in [0, 0.1) is 17.8 Å². The first kappa shape index (κ1) is 21.9. The zero-order valence-corrected chi connectivity index (χ0v) is 19.6. The molecule has 1 aliphatic heterocycles. The third-order valence-electron chi connectivity index (χ3n) is 6.07. The van der Waals surface area contributed by atoms with E-state index in [1.807, 2.05) is 0 Å². The summed E-state index contributed by atoms with van der Waals surface area (Å²) in [6.45, 7) is -0.353. The minimum Gasteiger partial charge on any atom is -0.455 e. The van der Waals surface area contributed by atoms with Crippen LogP contribution in [0.15, 0.2) is 12.1 Å². The van der Waals surface area contributed by atoms with Gasteiger partial charge in [-0.2, -0.15) is 0 Å². The van der Waals surface area contributed by atoms with E-state index in [2.05, 4.69) is 28.8 Å². The molecule has 1 aromatic rings. The molecule has 4 rings (SSSR count). The number of halogens is 3. The number of hydrogen-bond donors (Lipinski definition) is 1. The number of anilines is 1. The Morgan fingerprint density at radius 3 is 2.24 bits per heavy atom. The standard InChI is InChI=1S/C20H22Cl3NO3S2/c21-14-8-15(22)18(16(23)9-14)24-17(25)10-27-19(26)11-6-12-2-1-3-13(7-11)20(12)28-4-5-29-20/h8-9,11-13H,1-7,10H2,(H,24,25)/t11?,12-,13+. The van der Waals surface area contributed by atoms with Crippen molar-refractivity contribution in [1.29, 1.82) is 0 Å². The van der Waals surface area contributed by atoms with Crippen molar-refractivity contribution < 1.29 is 14.3 Å². The fourth-order valence-electron chi connectivity index (χ4n) is 4.89. The van der Waals surface area contributed by atoms with E-state index in [0.717, 1.165) is 12.8 Å². The number of amides is 1. The number of rotatable bonds is 4. The lowest BCUT2D eigenvalue weighted by Gasteiger charge is -2.51. The van der Waals surface area contributed by atoms with Crippen molar-refractivity contribution in [3.8, 4) is 0 Å². The maximum absolute atomic E-state index is 12.7. The molecule has 1 aromatic carbocycles. The van der Waals surface area contributed by atoms with Crippen LogP contribution in [0.25, 0.3) is 0 Å². The van der Waals surface area contributed by atoms with Gasteiger partial charge in [-0.05, 0) is 49.7 Å². The number of thioether (sulfide) groups is 2. The molecule has 2 saturated carbocycles. The third kappa shape index (κ3) is 4.52. The minimum atomic E-state index is -0.473. The van der Waals surface area contributed by atoms with Crippen LogP contribution in [0.1, 0.15) is 32.1 Å². The first-order chi connectivity index (χ1) is 13.9. The van der Waals surface area contributed by atoms with Gasteiger partial charge in [0.05, 0.1) is 25.7 Å². The Morgan fingerprint density at radius 2 is 1.66 bits per heavy atom. The molecule has 9 heteroatoms. The van der Waals surface area contributed by atoms with Crippen molar-refractivity contribution in [2.24, 2.45) is 17.8 Å². The summed E-state index contributed by atoms with van der Waals surface area (Å²) in [6.07, 6.45) is 5.37. The van der Waals surface area contributed by atoms with Crippen molar-refractivity contribution >= 4 is 75.9 Å². The van der Waals surface area contributed by atoms with E-state index in [0.29, 0.717) is 20.9 Å². The molecule has 0 aromatic heterocycles. The summed E-state index contributed by atoms with van der Waals surface area (Å²) in [5.41, 5.74) is 0.267. The molecule has 3 atom stereocenters. The lowest BCUT2D eigenvalue weighted by atomic mass is 9.67. The van der Waals surface area contributed by atoms with E-state index in [1.54, 1.807) is 0 Å². The number of ether oxygens (including phenoxy) is 1. The van der Waals surface area contributed by atoms with Gasteiger partial charge in [-0.15, -0.1) is 23.5 Å². The summed E-state index contributed by atoms with van der Waals surface area (Å²) in [4.78, 5) is 24.9. The predicted octanol–water partition coefficient (Wildman–Crippen LogP) is 6.13. The topological polar surface area (TPSA) is 55.4 Å². The molecule has 1 amide bonds. The maximum Gasteiger partial charge on any atom is 0.309 e. The van der Waals surface area contributed by atoms with Gasteiger partial charge >= 0.3 is 5.97 Å². The second kappa shape index (κ2) is 9.07. The second-order valence-electron chi connectivity index (χ2n) is 7.81. The van der Waals surface area contributed by atoms with Crippen molar-refractivity contribution in [1.82, 2.24) is 0 Å². The largest absolute Gasteiger partial charge is 0.455 e. The molecule has 1 heterocycles. The Balaban J connectivity index is 1.33. The van der Waals surface area contributed by atoms with E-state index in [-0.39, 0.29) is 34.2 Å². The number of nitrogens with one attached hydrogen (secondary N) is 1. The summed E-state index contributed by atoms with van der Waals surface area (Å²) in [7, 11) is 0. The lowest BCUT2D eigenvalue weighted by molar-refractivity contribution is -0.154. The molecule has 29 heavy (non-hydrogen) atoms. The molecule has 2 bridgehead atoms. The average molecular weight is 495 g/mol. The molecule has 3 aliphatic rings. The summed E-state index contributed by atoms with van der Waals surface area (Å²) < 4.78 is 5.67. The van der Waals surface area contributed by atoms with Gasteiger partial charge in [0.25, 0.3) is 5.91 Å². The molecule has 1 spiro atoms. The van der Waals surface area contributed by atoms with Crippen molar-refractivity contribution in [2.45, 2.75) is 36.2 Å². The average Bonchev–Trinajstić information content (AvgIpc) is 3.12. The number of esters is 1. The van der Waals surface area contributed by atoms with E-state index < -0.39 is 5.91 Å². The maximum atomic E-state index is 12.7. The molecule has 4 nitrogen and oxygen atoms in total. The van der Waals surface area contributed by atoms with Crippen molar-refractivity contribution in [3.63, 3.8) is 0 Å². The summed E-state index contributed by atoms with van der Waals surface area (Å²) in [6, 6.07) is 2.98. The van der Waals surface area contributed by atoms with Crippen molar-refractivity contribution in [3.05, 3.63) is 27.2 Å². The molecule has 158 valence electrons. The highest BCUT2D eigenvalue weighted by molar-refractivity contribution is 8.21. The van der Waals surface area contributed by atoms with Crippen LogP contribution in [-0.2, 0) is 14.3 Å². The number of carbonyl (C=O) groups is 2. The van der Waals surface area contributed by atoms with Gasteiger partial charge in [0, 0.05) is 16.5 Å². The van der Waals surface area contributed by atoms with Gasteiger partial charge in [0.15, 0.2) is 6.61 Å². The monoisotopic (exact) mass is 493 g/mol. The predicted molar refractivity (Wildman–Crippen MR) is 122 cm³/mol. The molecule has 2 aliphatic carbocycles. The summed E-state index contributed by atoms with van der Waals surface area (Å²) in [5, 5.41) is 3.45. The quantitative estimate of drug-likeness (QED) is 0.510. The zero-order valence-electron chi connectivity index (χ0n) is 15.7. The SMILES string of the molecule is O=C(COC(=O)C1C[C@H]2CCC[C@@H](C1)C21SCCS1)Nc1c(Cl)cc(Cl)cc1Cl. The second-order valence-corrected chi connectivity index (χ2v) is 12.1. The molecule has 1 saturated heterocycles. The molecule has 3 fully saturated rings. The highest BCUT2D eigenvalue weighted by atomic mass is 35.5. The molecular formula is C20H22Cl3NO3S2.